The van der Waals surface area contributed by atoms with Gasteiger partial charge < -0.3 is 5.32 Å². The lowest BCUT2D eigenvalue weighted by Gasteiger charge is -2.33. The molecule has 112 valence electrons. The van der Waals surface area contributed by atoms with Crippen molar-refractivity contribution in [3.05, 3.63) is 34.9 Å². The summed E-state index contributed by atoms with van der Waals surface area (Å²) in [6, 6.07) is 8.96. The smallest absolute Gasteiger partial charge is 0.0408 e. The van der Waals surface area contributed by atoms with Crippen molar-refractivity contribution < 1.29 is 0 Å². The third-order valence-corrected chi connectivity index (χ3v) is 4.87. The van der Waals surface area contributed by atoms with Gasteiger partial charge in [0.15, 0.2) is 0 Å². The highest BCUT2D eigenvalue weighted by Crippen LogP contribution is 2.31. The maximum atomic E-state index is 6.12. The van der Waals surface area contributed by atoms with Crippen LogP contribution in [0, 0.1) is 11.8 Å². The van der Waals surface area contributed by atoms with Crippen LogP contribution in [0.1, 0.15) is 51.5 Å². The lowest BCUT2D eigenvalue weighted by molar-refractivity contribution is 0.229. The Morgan fingerprint density at radius 1 is 1.25 bits per heavy atom. The first-order chi connectivity index (χ1) is 9.69. The second kappa shape index (κ2) is 8.05. The Hall–Kier alpha value is -0.530. The zero-order valence-corrected chi connectivity index (χ0v) is 13.6. The first-order valence-electron chi connectivity index (χ1n) is 8.17. The summed E-state index contributed by atoms with van der Waals surface area (Å²) in [5.74, 6) is 1.75. The van der Waals surface area contributed by atoms with Gasteiger partial charge in [0.1, 0.15) is 0 Å². The molecule has 1 aromatic rings. The van der Waals surface area contributed by atoms with Gasteiger partial charge in [-0.25, -0.2) is 0 Å². The molecule has 2 heteroatoms. The van der Waals surface area contributed by atoms with E-state index in [2.05, 4.69) is 37.4 Å². The zero-order valence-electron chi connectivity index (χ0n) is 12.9. The maximum absolute atomic E-state index is 6.12. The third-order valence-electron chi connectivity index (χ3n) is 4.63. The average molecular weight is 294 g/mol. The molecule has 0 amide bonds. The second-order valence-electron chi connectivity index (χ2n) is 6.41. The Labute approximate surface area is 129 Å². The highest BCUT2D eigenvalue weighted by molar-refractivity contribution is 6.30. The fourth-order valence-corrected chi connectivity index (χ4v) is 3.55. The normalized spacial score (nSPS) is 24.6. The van der Waals surface area contributed by atoms with E-state index in [-0.39, 0.29) is 0 Å². The van der Waals surface area contributed by atoms with Gasteiger partial charge in [0.05, 0.1) is 0 Å². The fourth-order valence-electron chi connectivity index (χ4n) is 3.34. The highest BCUT2D eigenvalue weighted by atomic mass is 35.5. The van der Waals surface area contributed by atoms with Crippen LogP contribution in [0.15, 0.2) is 24.3 Å². The van der Waals surface area contributed by atoms with Crippen LogP contribution in [0.3, 0.4) is 0 Å². The minimum absolute atomic E-state index is 0.612. The summed E-state index contributed by atoms with van der Waals surface area (Å²) < 4.78 is 0. The van der Waals surface area contributed by atoms with Crippen molar-refractivity contribution in [3.63, 3.8) is 0 Å². The first kappa shape index (κ1) is 15.9. The summed E-state index contributed by atoms with van der Waals surface area (Å²) in [6.45, 7) is 5.76. The topological polar surface area (TPSA) is 12.0 Å². The van der Waals surface area contributed by atoms with Gasteiger partial charge in [-0.05, 0) is 61.8 Å². The molecule has 0 bridgehead atoms. The number of benzene rings is 1. The van der Waals surface area contributed by atoms with Gasteiger partial charge in [0.2, 0.25) is 0 Å². The average Bonchev–Trinajstić information content (AvgIpc) is 2.44. The molecule has 1 aliphatic rings. The van der Waals surface area contributed by atoms with E-state index in [9.17, 15) is 0 Å². The molecule has 0 aliphatic heterocycles. The lowest BCUT2D eigenvalue weighted by Crippen LogP contribution is -2.40. The molecule has 1 atom stereocenters. The Morgan fingerprint density at radius 2 is 2.00 bits per heavy atom. The van der Waals surface area contributed by atoms with Gasteiger partial charge in [-0.1, -0.05) is 50.4 Å². The minimum atomic E-state index is 0.612. The molecule has 0 heterocycles. The third kappa shape index (κ3) is 4.79. The first-order valence-corrected chi connectivity index (χ1v) is 8.54. The highest BCUT2D eigenvalue weighted by Gasteiger charge is 2.25. The summed E-state index contributed by atoms with van der Waals surface area (Å²) >= 11 is 6.12. The summed E-state index contributed by atoms with van der Waals surface area (Å²) in [4.78, 5) is 0. The Kier molecular flexibility index (Phi) is 6.38. The van der Waals surface area contributed by atoms with E-state index in [0.29, 0.717) is 6.04 Å². The molecule has 1 unspecified atom stereocenters. The molecule has 1 nitrogen and oxygen atoms in total. The number of rotatable bonds is 6. The predicted molar refractivity (Wildman–Crippen MR) is 88.4 cm³/mol. The summed E-state index contributed by atoms with van der Waals surface area (Å²) in [5, 5.41) is 4.63. The van der Waals surface area contributed by atoms with Crippen molar-refractivity contribution in [3.8, 4) is 0 Å². The van der Waals surface area contributed by atoms with Crippen LogP contribution < -0.4 is 5.32 Å². The van der Waals surface area contributed by atoms with E-state index < -0.39 is 0 Å². The summed E-state index contributed by atoms with van der Waals surface area (Å²) in [6.07, 6.45) is 7.86. The molecular weight excluding hydrogens is 266 g/mol. The number of hydrogen-bond acceptors (Lipinski definition) is 1. The molecule has 1 aromatic carbocycles. The molecular formula is C18H28ClN. The van der Waals surface area contributed by atoms with Crippen LogP contribution in [0.25, 0.3) is 0 Å². The standard InChI is InChI=1S/C18H28ClN/c1-3-11-20-18(16-9-7-14(2)8-10-16)13-15-5-4-6-17(19)12-15/h4-6,12,14,16,18,20H,3,7-11,13H2,1-2H3. The van der Waals surface area contributed by atoms with Gasteiger partial charge >= 0.3 is 0 Å². The van der Waals surface area contributed by atoms with Crippen LogP contribution in [-0.2, 0) is 6.42 Å². The molecule has 0 spiro atoms. The van der Waals surface area contributed by atoms with Gasteiger partial charge in [0.25, 0.3) is 0 Å². The van der Waals surface area contributed by atoms with E-state index in [1.807, 2.05) is 6.07 Å². The van der Waals surface area contributed by atoms with Crippen molar-refractivity contribution in [2.24, 2.45) is 11.8 Å². The number of nitrogens with one attached hydrogen (secondary N) is 1. The molecule has 1 N–H and O–H groups in total. The van der Waals surface area contributed by atoms with Gasteiger partial charge in [-0.3, -0.25) is 0 Å². The van der Waals surface area contributed by atoms with Crippen molar-refractivity contribution >= 4 is 11.6 Å². The Balaban J connectivity index is 1.99. The second-order valence-corrected chi connectivity index (χ2v) is 6.85. The molecule has 0 radical (unpaired) electrons. The Morgan fingerprint density at radius 3 is 2.65 bits per heavy atom. The van der Waals surface area contributed by atoms with Crippen LogP contribution in [0.2, 0.25) is 5.02 Å². The van der Waals surface area contributed by atoms with Crippen LogP contribution in [0.5, 0.6) is 0 Å². The molecule has 20 heavy (non-hydrogen) atoms. The van der Waals surface area contributed by atoms with Crippen molar-refractivity contribution in [1.29, 1.82) is 0 Å². The summed E-state index contributed by atoms with van der Waals surface area (Å²) in [5.41, 5.74) is 1.37. The molecule has 1 fully saturated rings. The largest absolute Gasteiger partial charge is 0.313 e. The van der Waals surface area contributed by atoms with Crippen LogP contribution in [0.4, 0.5) is 0 Å². The van der Waals surface area contributed by atoms with Crippen LogP contribution in [-0.4, -0.2) is 12.6 Å². The molecule has 0 aromatic heterocycles. The monoisotopic (exact) mass is 293 g/mol. The Bertz CT molecular complexity index is 396. The van der Waals surface area contributed by atoms with Crippen LogP contribution >= 0.6 is 11.6 Å². The summed E-state index contributed by atoms with van der Waals surface area (Å²) in [7, 11) is 0. The minimum Gasteiger partial charge on any atom is -0.313 e. The van der Waals surface area contributed by atoms with Crippen molar-refractivity contribution in [2.45, 2.75) is 58.4 Å². The predicted octanol–water partition coefficient (Wildman–Crippen LogP) is 5.08. The molecule has 2 rings (SSSR count). The zero-order chi connectivity index (χ0) is 14.4. The molecule has 0 saturated heterocycles. The van der Waals surface area contributed by atoms with Gasteiger partial charge in [-0.2, -0.15) is 0 Å². The number of hydrogen-bond donors (Lipinski definition) is 1. The lowest BCUT2D eigenvalue weighted by atomic mass is 9.77. The van der Waals surface area contributed by atoms with E-state index in [0.717, 1.165) is 29.8 Å². The SMILES string of the molecule is CCCNC(Cc1cccc(Cl)c1)C1CCC(C)CC1. The maximum Gasteiger partial charge on any atom is 0.0408 e. The van der Waals surface area contributed by atoms with Crippen molar-refractivity contribution in [2.75, 3.05) is 6.54 Å². The van der Waals surface area contributed by atoms with E-state index in [4.69, 9.17) is 11.6 Å². The van der Waals surface area contributed by atoms with Gasteiger partial charge in [0, 0.05) is 11.1 Å². The molecule has 1 saturated carbocycles. The van der Waals surface area contributed by atoms with Crippen molar-refractivity contribution in [1.82, 2.24) is 5.32 Å². The number of halogens is 1. The van der Waals surface area contributed by atoms with E-state index >= 15 is 0 Å². The molecule has 1 aliphatic carbocycles. The van der Waals surface area contributed by atoms with E-state index in [1.165, 1.54) is 37.7 Å². The fraction of sp³-hybridized carbons (Fsp3) is 0.667. The quantitative estimate of drug-likeness (QED) is 0.771. The van der Waals surface area contributed by atoms with E-state index in [1.54, 1.807) is 0 Å². The van der Waals surface area contributed by atoms with Gasteiger partial charge in [-0.15, -0.1) is 0 Å².